The number of carbonyl (C=O) groups is 1. The number of benzene rings is 1. The van der Waals surface area contributed by atoms with Crippen molar-refractivity contribution in [3.8, 4) is 11.3 Å². The highest BCUT2D eigenvalue weighted by atomic mass is 32.1. The fourth-order valence-electron chi connectivity index (χ4n) is 4.75. The number of nitrogens with zero attached hydrogens (tertiary/aromatic N) is 1. The molecule has 2 heterocycles. The Morgan fingerprint density at radius 1 is 1.29 bits per heavy atom. The lowest BCUT2D eigenvalue weighted by atomic mass is 9.80. The fraction of sp³-hybridized carbons (Fsp3) is 0.565. The summed E-state index contributed by atoms with van der Waals surface area (Å²) in [5.74, 6) is 1.02. The van der Waals surface area contributed by atoms with E-state index >= 15 is 0 Å². The summed E-state index contributed by atoms with van der Waals surface area (Å²) in [7, 11) is 0. The molecule has 2 aliphatic rings. The van der Waals surface area contributed by atoms with Crippen LogP contribution in [0.1, 0.15) is 73.4 Å². The monoisotopic (exact) mass is 398 g/mol. The van der Waals surface area contributed by atoms with E-state index in [1.807, 2.05) is 0 Å². The van der Waals surface area contributed by atoms with Crippen LogP contribution in [-0.2, 0) is 11.2 Å². The van der Waals surface area contributed by atoms with Gasteiger partial charge in [0.2, 0.25) is 0 Å². The van der Waals surface area contributed by atoms with Crippen molar-refractivity contribution in [1.29, 1.82) is 0 Å². The highest BCUT2D eigenvalue weighted by molar-refractivity contribution is 7.10. The largest absolute Gasteiger partial charge is 0.481 e. The van der Waals surface area contributed by atoms with E-state index in [9.17, 15) is 4.79 Å². The van der Waals surface area contributed by atoms with Crippen molar-refractivity contribution in [2.24, 2.45) is 5.92 Å². The van der Waals surface area contributed by atoms with Gasteiger partial charge in [0.15, 0.2) is 0 Å². The lowest BCUT2D eigenvalue weighted by Gasteiger charge is -2.26. The maximum Gasteiger partial charge on any atom is 0.303 e. The van der Waals surface area contributed by atoms with Crippen molar-refractivity contribution in [2.45, 2.75) is 63.7 Å². The summed E-state index contributed by atoms with van der Waals surface area (Å²) in [4.78, 5) is 15.8. The number of nitrogens with one attached hydrogen (secondary N) is 1. The molecule has 1 aromatic carbocycles. The van der Waals surface area contributed by atoms with Crippen LogP contribution in [-0.4, -0.2) is 29.1 Å². The van der Waals surface area contributed by atoms with Gasteiger partial charge in [0.25, 0.3) is 0 Å². The maximum atomic E-state index is 10.8. The van der Waals surface area contributed by atoms with Crippen LogP contribution >= 0.6 is 11.3 Å². The molecule has 0 amide bonds. The van der Waals surface area contributed by atoms with Crippen molar-refractivity contribution >= 4 is 17.3 Å². The van der Waals surface area contributed by atoms with Crippen molar-refractivity contribution in [1.82, 2.24) is 10.3 Å². The van der Waals surface area contributed by atoms with Crippen LogP contribution in [0.15, 0.2) is 23.6 Å². The van der Waals surface area contributed by atoms with E-state index in [0.29, 0.717) is 24.2 Å². The molecule has 1 aliphatic carbocycles. The number of hydrogen-bond acceptors (Lipinski definition) is 4. The normalized spacial score (nSPS) is 25.1. The van der Waals surface area contributed by atoms with E-state index in [1.165, 1.54) is 21.7 Å². The van der Waals surface area contributed by atoms with Crippen molar-refractivity contribution in [2.75, 3.05) is 13.1 Å². The lowest BCUT2D eigenvalue weighted by molar-refractivity contribution is -0.137. The van der Waals surface area contributed by atoms with Gasteiger partial charge >= 0.3 is 5.97 Å². The Balaban J connectivity index is 1.42. The number of fused-ring (bicyclic) bond motifs is 1. The summed E-state index contributed by atoms with van der Waals surface area (Å²) in [5, 5.41) is 15.9. The number of thiazole rings is 1. The Hall–Kier alpha value is -1.72. The Kier molecular flexibility index (Phi) is 6.12. The molecule has 1 fully saturated rings. The van der Waals surface area contributed by atoms with Crippen LogP contribution in [0.25, 0.3) is 11.3 Å². The molecule has 1 atom stereocenters. The highest BCUT2D eigenvalue weighted by Gasteiger charge is 2.25. The minimum atomic E-state index is -0.669. The molecular formula is C23H30N2O2S. The zero-order valence-electron chi connectivity index (χ0n) is 16.6. The molecule has 4 rings (SSSR count). The second-order valence-electron chi connectivity index (χ2n) is 8.49. The molecule has 2 N–H and O–H groups in total. The first-order valence-electron chi connectivity index (χ1n) is 10.6. The molecule has 0 saturated heterocycles. The zero-order valence-corrected chi connectivity index (χ0v) is 17.4. The van der Waals surface area contributed by atoms with Gasteiger partial charge in [-0.05, 0) is 74.1 Å². The predicted octanol–water partition coefficient (Wildman–Crippen LogP) is 5.20. The van der Waals surface area contributed by atoms with Gasteiger partial charge in [0.05, 0.1) is 10.7 Å². The summed E-state index contributed by atoms with van der Waals surface area (Å²) in [6, 6.07) is 6.89. The van der Waals surface area contributed by atoms with Crippen molar-refractivity contribution < 1.29 is 9.90 Å². The quantitative estimate of drug-likeness (QED) is 0.727. The third kappa shape index (κ3) is 4.47. The summed E-state index contributed by atoms with van der Waals surface area (Å²) in [5.41, 5.74) is 5.29. The number of carboxylic acids is 1. The molecule has 0 radical (unpaired) electrons. The molecule has 28 heavy (non-hydrogen) atoms. The standard InChI is InChI=1S/C23H30N2O2S/c1-15-13-24-11-10-18-12-19(7-8-20(15)18)21-14-28-23(25-21)17-5-2-16(3-6-17)4-9-22(26)27/h7-8,12,14-17,24H,2-6,9-11,13H2,1H3,(H,26,27)/t15?,16-,17-. The van der Waals surface area contributed by atoms with Crippen LogP contribution in [0.2, 0.25) is 0 Å². The van der Waals surface area contributed by atoms with Gasteiger partial charge in [-0.25, -0.2) is 4.98 Å². The van der Waals surface area contributed by atoms with Gasteiger partial charge in [-0.15, -0.1) is 11.3 Å². The Morgan fingerprint density at radius 2 is 2.11 bits per heavy atom. The van der Waals surface area contributed by atoms with E-state index < -0.39 is 5.97 Å². The molecule has 0 bridgehead atoms. The molecule has 2 aromatic rings. The smallest absolute Gasteiger partial charge is 0.303 e. The second-order valence-corrected chi connectivity index (χ2v) is 9.38. The van der Waals surface area contributed by atoms with E-state index in [2.05, 4.69) is 35.8 Å². The molecule has 4 nitrogen and oxygen atoms in total. The Labute approximate surface area is 171 Å². The van der Waals surface area contributed by atoms with Crippen LogP contribution in [0.4, 0.5) is 0 Å². The Bertz CT molecular complexity index is 824. The number of carboxylic acid groups (broad SMARTS) is 1. The summed E-state index contributed by atoms with van der Waals surface area (Å²) >= 11 is 1.79. The maximum absolute atomic E-state index is 10.8. The highest BCUT2D eigenvalue weighted by Crippen LogP contribution is 2.40. The number of aliphatic carboxylic acids is 1. The third-order valence-electron chi connectivity index (χ3n) is 6.48. The summed E-state index contributed by atoms with van der Waals surface area (Å²) in [6.45, 7) is 4.40. The van der Waals surface area contributed by atoms with Gasteiger partial charge in [-0.2, -0.15) is 0 Å². The van der Waals surface area contributed by atoms with Crippen LogP contribution < -0.4 is 5.32 Å². The van der Waals surface area contributed by atoms with E-state index in [4.69, 9.17) is 10.1 Å². The molecule has 1 saturated carbocycles. The fourth-order valence-corrected chi connectivity index (χ4v) is 5.75. The average molecular weight is 399 g/mol. The second kappa shape index (κ2) is 8.75. The predicted molar refractivity (Wildman–Crippen MR) is 114 cm³/mol. The molecule has 5 heteroatoms. The van der Waals surface area contributed by atoms with Gasteiger partial charge in [-0.3, -0.25) is 4.79 Å². The van der Waals surface area contributed by atoms with Crippen LogP contribution in [0.3, 0.4) is 0 Å². The first-order chi connectivity index (χ1) is 13.6. The van der Waals surface area contributed by atoms with Crippen LogP contribution in [0, 0.1) is 5.92 Å². The van der Waals surface area contributed by atoms with Crippen molar-refractivity contribution in [3.63, 3.8) is 0 Å². The van der Waals surface area contributed by atoms with Gasteiger partial charge in [0.1, 0.15) is 0 Å². The van der Waals surface area contributed by atoms with Gasteiger partial charge < -0.3 is 10.4 Å². The molecular weight excluding hydrogens is 368 g/mol. The lowest BCUT2D eigenvalue weighted by Crippen LogP contribution is -2.18. The first-order valence-corrected chi connectivity index (χ1v) is 11.5. The topological polar surface area (TPSA) is 62.2 Å². The number of hydrogen-bond donors (Lipinski definition) is 2. The van der Waals surface area contributed by atoms with E-state index in [1.54, 1.807) is 11.3 Å². The van der Waals surface area contributed by atoms with E-state index in [0.717, 1.165) is 57.3 Å². The molecule has 1 aliphatic heterocycles. The summed E-state index contributed by atoms with van der Waals surface area (Å²) in [6.07, 6.45) is 6.78. The Morgan fingerprint density at radius 3 is 2.89 bits per heavy atom. The number of rotatable bonds is 5. The minimum Gasteiger partial charge on any atom is -0.481 e. The third-order valence-corrected chi connectivity index (χ3v) is 7.48. The number of aromatic nitrogens is 1. The first kappa shape index (κ1) is 19.6. The van der Waals surface area contributed by atoms with Gasteiger partial charge in [-0.1, -0.05) is 19.1 Å². The summed E-state index contributed by atoms with van der Waals surface area (Å²) < 4.78 is 0. The van der Waals surface area contributed by atoms with Crippen LogP contribution in [0.5, 0.6) is 0 Å². The van der Waals surface area contributed by atoms with Crippen molar-refractivity contribution in [3.05, 3.63) is 39.7 Å². The molecule has 0 spiro atoms. The zero-order chi connectivity index (χ0) is 19.5. The average Bonchev–Trinajstić information content (AvgIpc) is 3.12. The van der Waals surface area contributed by atoms with Gasteiger partial charge in [0, 0.05) is 29.8 Å². The SMILES string of the molecule is CC1CNCCc2cc(-c3csc([C@H]4CC[C@H](CCC(=O)O)CC4)n3)ccc21. The molecule has 150 valence electrons. The molecule has 1 unspecified atom stereocenters. The van der Waals surface area contributed by atoms with E-state index in [-0.39, 0.29) is 0 Å². The molecule has 1 aromatic heterocycles. The minimum absolute atomic E-state index is 0.309.